The zero-order valence-corrected chi connectivity index (χ0v) is 10.2. The molecule has 0 aliphatic rings. The van der Waals surface area contributed by atoms with Crippen LogP contribution in [-0.2, 0) is 0 Å². The second kappa shape index (κ2) is 5.66. The van der Waals surface area contributed by atoms with E-state index in [1.807, 2.05) is 39.0 Å². The molecule has 0 fully saturated rings. The average molecular weight is 220 g/mol. The van der Waals surface area contributed by atoms with Crippen molar-refractivity contribution >= 4 is 5.91 Å². The molecule has 88 valence electrons. The summed E-state index contributed by atoms with van der Waals surface area (Å²) in [4.78, 5) is 12.0. The van der Waals surface area contributed by atoms with E-state index in [0.717, 1.165) is 23.1 Å². The predicted molar refractivity (Wildman–Crippen MR) is 66.5 cm³/mol. The van der Waals surface area contributed by atoms with Crippen LogP contribution in [0.5, 0.6) is 0 Å². The summed E-state index contributed by atoms with van der Waals surface area (Å²) in [6, 6.07) is 5.89. The van der Waals surface area contributed by atoms with Crippen LogP contribution in [0.15, 0.2) is 18.2 Å². The number of carbonyl (C=O) groups excluding carboxylic acids is 1. The number of rotatable bonds is 4. The molecule has 0 saturated carbocycles. The molecule has 0 aromatic heterocycles. The number of aryl methyl sites for hydroxylation is 1. The zero-order valence-electron chi connectivity index (χ0n) is 10.2. The molecule has 0 aliphatic heterocycles. The maximum atomic E-state index is 12.0. The summed E-state index contributed by atoms with van der Waals surface area (Å²) in [5, 5.41) is 2.95. The molecule has 0 bridgehead atoms. The molecule has 0 radical (unpaired) electrons. The molecule has 3 nitrogen and oxygen atoms in total. The molecule has 3 N–H and O–H groups in total. The van der Waals surface area contributed by atoms with Gasteiger partial charge < -0.3 is 11.1 Å². The van der Waals surface area contributed by atoms with Crippen molar-refractivity contribution in [2.24, 2.45) is 5.73 Å². The fraction of sp³-hybridized carbons (Fsp3) is 0.462. The van der Waals surface area contributed by atoms with Gasteiger partial charge in [0.1, 0.15) is 0 Å². The first-order valence-electron chi connectivity index (χ1n) is 5.63. The highest BCUT2D eigenvalue weighted by atomic mass is 16.1. The van der Waals surface area contributed by atoms with Crippen LogP contribution in [0.3, 0.4) is 0 Å². The number of benzene rings is 1. The van der Waals surface area contributed by atoms with Gasteiger partial charge in [0.05, 0.1) is 0 Å². The Bertz CT molecular complexity index is 374. The van der Waals surface area contributed by atoms with Gasteiger partial charge in [-0.1, -0.05) is 12.1 Å². The van der Waals surface area contributed by atoms with Gasteiger partial charge in [-0.15, -0.1) is 0 Å². The van der Waals surface area contributed by atoms with Gasteiger partial charge in [0.15, 0.2) is 0 Å². The third-order valence-electron chi connectivity index (χ3n) is 2.83. The lowest BCUT2D eigenvalue weighted by Gasteiger charge is -2.14. The average Bonchev–Trinajstić information content (AvgIpc) is 2.22. The van der Waals surface area contributed by atoms with Crippen LogP contribution in [0.25, 0.3) is 0 Å². The standard InChI is InChI=1S/C13H20N2O/c1-9-5-4-6-12(11(9)3)13(16)15-10(2)7-8-14/h4-6,10H,7-8,14H2,1-3H3,(H,15,16). The summed E-state index contributed by atoms with van der Waals surface area (Å²) in [5.41, 5.74) is 8.38. The Morgan fingerprint density at radius 1 is 1.44 bits per heavy atom. The van der Waals surface area contributed by atoms with Crippen LogP contribution in [0.1, 0.15) is 34.8 Å². The molecule has 0 spiro atoms. The molecular formula is C13H20N2O. The lowest BCUT2D eigenvalue weighted by Crippen LogP contribution is -2.34. The lowest BCUT2D eigenvalue weighted by molar-refractivity contribution is 0.0938. The third-order valence-corrected chi connectivity index (χ3v) is 2.83. The second-order valence-electron chi connectivity index (χ2n) is 4.20. The number of hydrogen-bond donors (Lipinski definition) is 2. The number of amides is 1. The van der Waals surface area contributed by atoms with E-state index in [9.17, 15) is 4.79 Å². The van der Waals surface area contributed by atoms with Crippen molar-refractivity contribution in [3.63, 3.8) is 0 Å². The molecule has 0 saturated heterocycles. The highest BCUT2D eigenvalue weighted by Gasteiger charge is 2.12. The van der Waals surface area contributed by atoms with E-state index in [-0.39, 0.29) is 11.9 Å². The van der Waals surface area contributed by atoms with Gasteiger partial charge in [-0.25, -0.2) is 0 Å². The zero-order chi connectivity index (χ0) is 12.1. The van der Waals surface area contributed by atoms with Crippen molar-refractivity contribution < 1.29 is 4.79 Å². The molecule has 0 aliphatic carbocycles. The number of nitrogens with two attached hydrogens (primary N) is 1. The largest absolute Gasteiger partial charge is 0.350 e. The van der Waals surface area contributed by atoms with E-state index in [1.165, 1.54) is 0 Å². The van der Waals surface area contributed by atoms with Crippen molar-refractivity contribution in [2.45, 2.75) is 33.2 Å². The van der Waals surface area contributed by atoms with Crippen molar-refractivity contribution in [3.05, 3.63) is 34.9 Å². The molecule has 1 amide bonds. The van der Waals surface area contributed by atoms with E-state index in [0.29, 0.717) is 6.54 Å². The summed E-state index contributed by atoms with van der Waals surface area (Å²) in [5.74, 6) is -0.0119. The maximum Gasteiger partial charge on any atom is 0.251 e. The minimum atomic E-state index is -0.0119. The number of carbonyl (C=O) groups is 1. The van der Waals surface area contributed by atoms with Gasteiger partial charge in [-0.3, -0.25) is 4.79 Å². The Morgan fingerprint density at radius 3 is 2.75 bits per heavy atom. The summed E-state index contributed by atoms with van der Waals surface area (Å²) in [6.07, 6.45) is 0.802. The Labute approximate surface area is 97.0 Å². The Hall–Kier alpha value is -1.35. The molecule has 1 aromatic carbocycles. The summed E-state index contributed by atoms with van der Waals surface area (Å²) >= 11 is 0. The molecule has 3 heteroatoms. The molecular weight excluding hydrogens is 200 g/mol. The van der Waals surface area contributed by atoms with Crippen LogP contribution in [0.2, 0.25) is 0 Å². The van der Waals surface area contributed by atoms with Crippen LogP contribution in [-0.4, -0.2) is 18.5 Å². The normalized spacial score (nSPS) is 12.2. The first kappa shape index (κ1) is 12.7. The van der Waals surface area contributed by atoms with Crippen LogP contribution >= 0.6 is 0 Å². The summed E-state index contributed by atoms with van der Waals surface area (Å²) in [7, 11) is 0. The van der Waals surface area contributed by atoms with Crippen molar-refractivity contribution in [1.82, 2.24) is 5.32 Å². The highest BCUT2D eigenvalue weighted by molar-refractivity contribution is 5.96. The SMILES string of the molecule is Cc1cccc(C(=O)NC(C)CCN)c1C. The fourth-order valence-corrected chi connectivity index (χ4v) is 1.62. The second-order valence-corrected chi connectivity index (χ2v) is 4.20. The van der Waals surface area contributed by atoms with Crippen molar-refractivity contribution in [2.75, 3.05) is 6.54 Å². The van der Waals surface area contributed by atoms with E-state index in [1.54, 1.807) is 0 Å². The number of nitrogens with one attached hydrogen (secondary N) is 1. The molecule has 1 unspecified atom stereocenters. The first-order valence-corrected chi connectivity index (χ1v) is 5.63. The lowest BCUT2D eigenvalue weighted by atomic mass is 10.0. The van der Waals surface area contributed by atoms with Crippen molar-refractivity contribution in [3.8, 4) is 0 Å². The third kappa shape index (κ3) is 3.07. The predicted octanol–water partition coefficient (Wildman–Crippen LogP) is 1.77. The maximum absolute atomic E-state index is 12.0. The van der Waals surface area contributed by atoms with E-state index >= 15 is 0 Å². The summed E-state index contributed by atoms with van der Waals surface area (Å²) < 4.78 is 0. The van der Waals surface area contributed by atoms with Gasteiger partial charge >= 0.3 is 0 Å². The van der Waals surface area contributed by atoms with E-state index < -0.39 is 0 Å². The fourth-order valence-electron chi connectivity index (χ4n) is 1.62. The topological polar surface area (TPSA) is 55.1 Å². The molecule has 16 heavy (non-hydrogen) atoms. The Morgan fingerprint density at radius 2 is 2.12 bits per heavy atom. The van der Waals surface area contributed by atoms with Gasteiger partial charge in [0.2, 0.25) is 0 Å². The monoisotopic (exact) mass is 220 g/mol. The Balaban J connectivity index is 2.77. The number of hydrogen-bond acceptors (Lipinski definition) is 2. The molecule has 1 aromatic rings. The Kier molecular flexibility index (Phi) is 4.50. The molecule has 1 rings (SSSR count). The minimum Gasteiger partial charge on any atom is -0.350 e. The van der Waals surface area contributed by atoms with E-state index in [4.69, 9.17) is 5.73 Å². The molecule has 1 atom stereocenters. The highest BCUT2D eigenvalue weighted by Crippen LogP contribution is 2.12. The van der Waals surface area contributed by atoms with Gasteiger partial charge in [0.25, 0.3) is 5.91 Å². The minimum absolute atomic E-state index is 0.0119. The van der Waals surface area contributed by atoms with Gasteiger partial charge in [-0.05, 0) is 50.9 Å². The quantitative estimate of drug-likeness (QED) is 0.812. The smallest absolute Gasteiger partial charge is 0.251 e. The van der Waals surface area contributed by atoms with E-state index in [2.05, 4.69) is 5.32 Å². The summed E-state index contributed by atoms with van der Waals surface area (Å²) in [6.45, 7) is 6.54. The van der Waals surface area contributed by atoms with Crippen LogP contribution < -0.4 is 11.1 Å². The first-order chi connectivity index (χ1) is 7.56. The van der Waals surface area contributed by atoms with Crippen molar-refractivity contribution in [1.29, 1.82) is 0 Å². The van der Waals surface area contributed by atoms with Gasteiger partial charge in [0, 0.05) is 11.6 Å². The van der Waals surface area contributed by atoms with Crippen LogP contribution in [0, 0.1) is 13.8 Å². The van der Waals surface area contributed by atoms with Crippen LogP contribution in [0.4, 0.5) is 0 Å². The molecule has 0 heterocycles. The van der Waals surface area contributed by atoms with Gasteiger partial charge in [-0.2, -0.15) is 0 Å².